The summed E-state index contributed by atoms with van der Waals surface area (Å²) in [6, 6.07) is 6.25. The SMILES string of the molecule is CCc1cc(COCCCCCN)ccc1OC. The first-order valence-corrected chi connectivity index (χ1v) is 6.75. The molecule has 3 nitrogen and oxygen atoms in total. The van der Waals surface area contributed by atoms with Crippen molar-refractivity contribution in [3.63, 3.8) is 0 Å². The van der Waals surface area contributed by atoms with Crippen LogP contribution in [-0.2, 0) is 17.8 Å². The quantitative estimate of drug-likeness (QED) is 0.686. The number of rotatable bonds is 9. The molecule has 18 heavy (non-hydrogen) atoms. The van der Waals surface area contributed by atoms with E-state index in [2.05, 4.69) is 19.1 Å². The number of hydrogen-bond acceptors (Lipinski definition) is 3. The molecule has 0 aliphatic heterocycles. The van der Waals surface area contributed by atoms with Gasteiger partial charge in [0, 0.05) is 6.61 Å². The Morgan fingerprint density at radius 1 is 1.17 bits per heavy atom. The van der Waals surface area contributed by atoms with Crippen LogP contribution < -0.4 is 10.5 Å². The molecule has 1 rings (SSSR count). The van der Waals surface area contributed by atoms with Gasteiger partial charge in [-0.1, -0.05) is 13.0 Å². The van der Waals surface area contributed by atoms with E-state index in [9.17, 15) is 0 Å². The van der Waals surface area contributed by atoms with Crippen LogP contribution in [0, 0.1) is 0 Å². The van der Waals surface area contributed by atoms with E-state index in [1.54, 1.807) is 7.11 Å². The van der Waals surface area contributed by atoms with E-state index in [4.69, 9.17) is 15.2 Å². The van der Waals surface area contributed by atoms with E-state index in [1.165, 1.54) is 11.1 Å². The summed E-state index contributed by atoms with van der Waals surface area (Å²) in [6.45, 7) is 4.40. The largest absolute Gasteiger partial charge is 0.496 e. The summed E-state index contributed by atoms with van der Waals surface area (Å²) in [4.78, 5) is 0. The normalized spacial score (nSPS) is 10.6. The van der Waals surface area contributed by atoms with E-state index in [-0.39, 0.29) is 0 Å². The van der Waals surface area contributed by atoms with Gasteiger partial charge in [0.15, 0.2) is 0 Å². The second-order valence-electron chi connectivity index (χ2n) is 4.40. The van der Waals surface area contributed by atoms with Crippen molar-refractivity contribution in [2.24, 2.45) is 5.73 Å². The summed E-state index contributed by atoms with van der Waals surface area (Å²) in [6.07, 6.45) is 4.31. The Kier molecular flexibility index (Phi) is 7.46. The van der Waals surface area contributed by atoms with Crippen LogP contribution in [0.15, 0.2) is 18.2 Å². The summed E-state index contributed by atoms with van der Waals surface area (Å²) in [5, 5.41) is 0. The highest BCUT2D eigenvalue weighted by Gasteiger charge is 2.02. The molecule has 0 atom stereocenters. The van der Waals surface area contributed by atoms with Crippen molar-refractivity contribution in [1.82, 2.24) is 0 Å². The van der Waals surface area contributed by atoms with Gasteiger partial charge in [-0.3, -0.25) is 0 Å². The number of hydrogen-bond donors (Lipinski definition) is 1. The van der Waals surface area contributed by atoms with Gasteiger partial charge in [0.2, 0.25) is 0 Å². The van der Waals surface area contributed by atoms with Gasteiger partial charge in [-0.25, -0.2) is 0 Å². The molecule has 0 radical (unpaired) electrons. The van der Waals surface area contributed by atoms with Crippen LogP contribution >= 0.6 is 0 Å². The summed E-state index contributed by atoms with van der Waals surface area (Å²) in [5.74, 6) is 0.962. The first-order chi connectivity index (χ1) is 8.81. The summed E-state index contributed by atoms with van der Waals surface area (Å²) >= 11 is 0. The molecule has 0 amide bonds. The van der Waals surface area contributed by atoms with Crippen LogP contribution in [0.5, 0.6) is 5.75 Å². The lowest BCUT2D eigenvalue weighted by molar-refractivity contribution is 0.117. The Balaban J connectivity index is 2.34. The second kappa shape index (κ2) is 8.95. The van der Waals surface area contributed by atoms with Crippen LogP contribution in [0.3, 0.4) is 0 Å². The van der Waals surface area contributed by atoms with Crippen LogP contribution in [0.4, 0.5) is 0 Å². The fourth-order valence-electron chi connectivity index (χ4n) is 1.91. The highest BCUT2D eigenvalue weighted by molar-refractivity contribution is 5.37. The zero-order chi connectivity index (χ0) is 13.2. The van der Waals surface area contributed by atoms with Crippen molar-refractivity contribution in [3.05, 3.63) is 29.3 Å². The minimum absolute atomic E-state index is 0.680. The second-order valence-corrected chi connectivity index (χ2v) is 4.40. The average Bonchev–Trinajstić information content (AvgIpc) is 2.42. The van der Waals surface area contributed by atoms with Crippen LogP contribution in [0.2, 0.25) is 0 Å². The highest BCUT2D eigenvalue weighted by atomic mass is 16.5. The first-order valence-electron chi connectivity index (χ1n) is 6.75. The minimum atomic E-state index is 0.680. The van der Waals surface area contributed by atoms with Gasteiger partial charge >= 0.3 is 0 Å². The molecule has 0 saturated carbocycles. The molecule has 2 N–H and O–H groups in total. The monoisotopic (exact) mass is 251 g/mol. The fraction of sp³-hybridized carbons (Fsp3) is 0.600. The summed E-state index contributed by atoms with van der Waals surface area (Å²) in [7, 11) is 1.71. The maximum atomic E-state index is 5.66. The van der Waals surface area contributed by atoms with E-state index in [1.807, 2.05) is 6.07 Å². The zero-order valence-electron chi connectivity index (χ0n) is 11.6. The van der Waals surface area contributed by atoms with Gasteiger partial charge in [-0.2, -0.15) is 0 Å². The van der Waals surface area contributed by atoms with E-state index >= 15 is 0 Å². The number of ether oxygens (including phenoxy) is 2. The van der Waals surface area contributed by atoms with Gasteiger partial charge in [0.1, 0.15) is 5.75 Å². The molecule has 3 heteroatoms. The van der Waals surface area contributed by atoms with Gasteiger partial charge < -0.3 is 15.2 Å². The molecule has 0 saturated heterocycles. The van der Waals surface area contributed by atoms with Crippen molar-refractivity contribution in [2.75, 3.05) is 20.3 Å². The summed E-state index contributed by atoms with van der Waals surface area (Å²) in [5.41, 5.74) is 7.89. The van der Waals surface area contributed by atoms with Crippen molar-refractivity contribution < 1.29 is 9.47 Å². The molecule has 0 aromatic heterocycles. The van der Waals surface area contributed by atoms with Crippen LogP contribution in [-0.4, -0.2) is 20.3 Å². The van der Waals surface area contributed by atoms with Crippen LogP contribution in [0.25, 0.3) is 0 Å². The topological polar surface area (TPSA) is 44.5 Å². The minimum Gasteiger partial charge on any atom is -0.496 e. The van der Waals surface area contributed by atoms with Crippen LogP contribution in [0.1, 0.15) is 37.3 Å². The number of unbranched alkanes of at least 4 members (excludes halogenated alkanes) is 2. The Hall–Kier alpha value is -1.06. The molecule has 0 bridgehead atoms. The lowest BCUT2D eigenvalue weighted by Gasteiger charge is -2.09. The Morgan fingerprint density at radius 3 is 2.67 bits per heavy atom. The number of benzene rings is 1. The Morgan fingerprint density at radius 2 is 2.00 bits per heavy atom. The number of nitrogens with two attached hydrogens (primary N) is 1. The predicted octanol–water partition coefficient (Wildman–Crippen LogP) is 2.90. The molecule has 0 aliphatic rings. The standard InChI is InChI=1S/C15H25NO2/c1-3-14-11-13(7-8-15(14)17-2)12-18-10-6-4-5-9-16/h7-8,11H,3-6,9-10,12,16H2,1-2H3. The number of aryl methyl sites for hydroxylation is 1. The molecular weight excluding hydrogens is 226 g/mol. The van der Waals surface area contributed by atoms with Crippen molar-refractivity contribution in [2.45, 2.75) is 39.2 Å². The maximum absolute atomic E-state index is 5.66. The fourth-order valence-corrected chi connectivity index (χ4v) is 1.91. The molecule has 0 fully saturated rings. The van der Waals surface area contributed by atoms with Gasteiger partial charge in [-0.05, 0) is 55.5 Å². The smallest absolute Gasteiger partial charge is 0.122 e. The molecule has 1 aromatic rings. The molecule has 102 valence electrons. The molecule has 0 spiro atoms. The third kappa shape index (κ3) is 5.07. The average molecular weight is 251 g/mol. The summed E-state index contributed by atoms with van der Waals surface area (Å²) < 4.78 is 11.0. The molecule has 0 aliphatic carbocycles. The lowest BCUT2D eigenvalue weighted by atomic mass is 10.1. The molecular formula is C15H25NO2. The molecule has 0 heterocycles. The van der Waals surface area contributed by atoms with Crippen molar-refractivity contribution in [1.29, 1.82) is 0 Å². The zero-order valence-corrected chi connectivity index (χ0v) is 11.6. The van der Waals surface area contributed by atoms with Crippen molar-refractivity contribution >= 4 is 0 Å². The number of methoxy groups -OCH3 is 1. The van der Waals surface area contributed by atoms with Crippen molar-refractivity contribution in [3.8, 4) is 5.75 Å². The maximum Gasteiger partial charge on any atom is 0.122 e. The molecule has 0 unspecified atom stereocenters. The van der Waals surface area contributed by atoms with E-state index in [0.717, 1.165) is 44.6 Å². The van der Waals surface area contributed by atoms with Gasteiger partial charge in [-0.15, -0.1) is 0 Å². The molecule has 1 aromatic carbocycles. The van der Waals surface area contributed by atoms with E-state index in [0.29, 0.717) is 6.61 Å². The third-order valence-corrected chi connectivity index (χ3v) is 2.99. The lowest BCUT2D eigenvalue weighted by Crippen LogP contribution is -2.01. The highest BCUT2D eigenvalue weighted by Crippen LogP contribution is 2.20. The predicted molar refractivity (Wildman–Crippen MR) is 74.9 cm³/mol. The first kappa shape index (κ1) is 15.0. The van der Waals surface area contributed by atoms with E-state index < -0.39 is 0 Å². The Labute approximate surface area is 110 Å². The Bertz CT molecular complexity index is 339. The third-order valence-electron chi connectivity index (χ3n) is 2.99. The van der Waals surface area contributed by atoms with Gasteiger partial charge in [0.05, 0.1) is 13.7 Å². The van der Waals surface area contributed by atoms with Gasteiger partial charge in [0.25, 0.3) is 0 Å².